The van der Waals surface area contributed by atoms with Crippen molar-refractivity contribution >= 4 is 55.0 Å². The third-order valence-corrected chi connectivity index (χ3v) is 13.4. The number of carbonyl (C=O) groups is 3. The summed E-state index contributed by atoms with van der Waals surface area (Å²) in [6.07, 6.45) is 16.1. The fourth-order valence-corrected chi connectivity index (χ4v) is 9.54. The molecule has 13 nitrogen and oxygen atoms in total. The zero-order valence-electron chi connectivity index (χ0n) is 33.7. The first-order chi connectivity index (χ1) is 27.2. The van der Waals surface area contributed by atoms with Gasteiger partial charge in [0.1, 0.15) is 17.2 Å². The minimum atomic E-state index is -4.59. The second kappa shape index (κ2) is 16.5. The standard InChI is InChI=1S/C43H52N4O9S2/c1-42(2)33-27-31(57(51,52)53)15-17-35(33)45(5)37(42)19-13-29-10-9-11-30(26-29)14-20-38-43(3,4)34-28-32(58(54,55)56)16-18-36(34)46(38)24-8-6-7-12-39(48)44-23-25-47-40(49)21-22-41(47)50/h13-20,26-28H,6-12,21-25H2,1-5H3,(H2-,44,48,51,52,53,54,55,56). The predicted molar refractivity (Wildman–Crippen MR) is 220 cm³/mol. The Balaban J connectivity index is 1.16. The van der Waals surface area contributed by atoms with E-state index in [4.69, 9.17) is 0 Å². The number of fused-ring (bicyclic) bond motifs is 2. The van der Waals surface area contributed by atoms with Gasteiger partial charge in [-0.3, -0.25) is 23.8 Å². The highest BCUT2D eigenvalue weighted by molar-refractivity contribution is 7.86. The van der Waals surface area contributed by atoms with Crippen molar-refractivity contribution in [2.24, 2.45) is 0 Å². The van der Waals surface area contributed by atoms with Crippen LogP contribution in [0.3, 0.4) is 0 Å². The number of imide groups is 1. The van der Waals surface area contributed by atoms with Crippen molar-refractivity contribution in [1.82, 2.24) is 10.2 Å². The maximum atomic E-state index is 12.5. The third kappa shape index (κ3) is 8.97. The molecule has 2 N–H and O–H groups in total. The number of allylic oxidation sites excluding steroid dienone is 8. The van der Waals surface area contributed by atoms with Gasteiger partial charge in [0, 0.05) is 73.4 Å². The van der Waals surface area contributed by atoms with E-state index in [0.29, 0.717) is 19.4 Å². The Kier molecular flexibility index (Phi) is 12.2. The van der Waals surface area contributed by atoms with Gasteiger partial charge in [-0.05, 0) is 99.1 Å². The van der Waals surface area contributed by atoms with Crippen LogP contribution < -0.4 is 10.2 Å². The fraction of sp³-hybridized carbons (Fsp3) is 0.442. The molecule has 4 aliphatic rings. The Morgan fingerprint density at radius 3 is 2.22 bits per heavy atom. The molecular formula is C43H52N4O9S2. The molecule has 310 valence electrons. The van der Waals surface area contributed by atoms with Crippen LogP contribution in [0, 0.1) is 0 Å². The average Bonchev–Trinajstić information content (AvgIpc) is 3.66. The van der Waals surface area contributed by atoms with Gasteiger partial charge in [0.25, 0.3) is 10.1 Å². The van der Waals surface area contributed by atoms with Crippen LogP contribution in [0.25, 0.3) is 0 Å². The number of unbranched alkanes of at least 4 members (excludes halogenated alkanes) is 2. The van der Waals surface area contributed by atoms with Crippen molar-refractivity contribution in [3.8, 4) is 0 Å². The van der Waals surface area contributed by atoms with Crippen LogP contribution in [-0.2, 0) is 45.4 Å². The molecule has 0 atom stereocenters. The summed E-state index contributed by atoms with van der Waals surface area (Å²) in [6.45, 7) is 9.12. The summed E-state index contributed by atoms with van der Waals surface area (Å²) >= 11 is 0. The lowest BCUT2D eigenvalue weighted by atomic mass is 9.81. The molecule has 0 unspecified atom stereocenters. The van der Waals surface area contributed by atoms with Gasteiger partial charge in [0.15, 0.2) is 5.71 Å². The van der Waals surface area contributed by atoms with Gasteiger partial charge in [0.05, 0.1) is 15.2 Å². The monoisotopic (exact) mass is 832 g/mol. The Morgan fingerprint density at radius 2 is 1.53 bits per heavy atom. The quantitative estimate of drug-likeness (QED) is 0.1000. The number of rotatable bonds is 14. The molecular weight excluding hydrogens is 781 g/mol. The van der Waals surface area contributed by atoms with Crippen LogP contribution in [-0.4, -0.2) is 85.5 Å². The predicted octanol–water partition coefficient (Wildman–Crippen LogP) is 5.94. The Morgan fingerprint density at radius 1 is 0.845 bits per heavy atom. The topological polar surface area (TPSA) is 184 Å². The van der Waals surface area contributed by atoms with Gasteiger partial charge in [-0.15, -0.1) is 0 Å². The minimum absolute atomic E-state index is 0.138. The summed E-state index contributed by atoms with van der Waals surface area (Å²) in [5, 5.41) is 2.80. The van der Waals surface area contributed by atoms with Gasteiger partial charge in [-0.25, -0.2) is 8.42 Å². The number of benzene rings is 2. The van der Waals surface area contributed by atoms with E-state index in [0.717, 1.165) is 77.2 Å². The SMILES string of the molecule is C[N+]1=C(/C=C/C2=CC(=C/C=C3/N(CCCCCC(=O)NCCN4C(=O)CCC4=O)c4ccc(S(=O)(=O)O)cc4C3(C)C)CCC2)C(C)(C)c2cc(S(=O)(=O)[O-])ccc21. The van der Waals surface area contributed by atoms with E-state index in [2.05, 4.69) is 40.6 Å². The van der Waals surface area contributed by atoms with E-state index in [-0.39, 0.29) is 53.4 Å². The molecule has 3 amide bonds. The summed E-state index contributed by atoms with van der Waals surface area (Å²) in [4.78, 5) is 39.1. The zero-order valence-corrected chi connectivity index (χ0v) is 35.3. The number of hydrogen-bond acceptors (Lipinski definition) is 9. The Labute approximate surface area is 341 Å². The highest BCUT2D eigenvalue weighted by Gasteiger charge is 2.44. The molecule has 0 spiro atoms. The van der Waals surface area contributed by atoms with E-state index in [1.54, 1.807) is 18.2 Å². The molecule has 2 aromatic rings. The van der Waals surface area contributed by atoms with Crippen molar-refractivity contribution in [2.75, 3.05) is 31.6 Å². The average molecular weight is 833 g/mol. The lowest BCUT2D eigenvalue weighted by Gasteiger charge is -2.27. The minimum Gasteiger partial charge on any atom is -0.744 e. The Hall–Kier alpha value is -4.70. The van der Waals surface area contributed by atoms with Crippen molar-refractivity contribution in [1.29, 1.82) is 0 Å². The maximum Gasteiger partial charge on any atom is 0.294 e. The molecule has 0 saturated carbocycles. The summed E-state index contributed by atoms with van der Waals surface area (Å²) in [6, 6.07) is 9.21. The van der Waals surface area contributed by atoms with Crippen LogP contribution in [0.1, 0.15) is 96.6 Å². The van der Waals surface area contributed by atoms with Gasteiger partial charge >= 0.3 is 0 Å². The zero-order chi connectivity index (χ0) is 42.2. The third-order valence-electron chi connectivity index (χ3n) is 11.8. The largest absolute Gasteiger partial charge is 0.744 e. The van der Waals surface area contributed by atoms with Crippen LogP contribution in [0.5, 0.6) is 0 Å². The number of nitrogens with one attached hydrogen (secondary N) is 1. The molecule has 1 saturated heterocycles. The molecule has 0 bridgehead atoms. The van der Waals surface area contributed by atoms with Crippen molar-refractivity contribution in [2.45, 2.75) is 106 Å². The number of hydrogen-bond donors (Lipinski definition) is 2. The number of nitrogens with zero attached hydrogens (tertiary/aromatic N) is 3. The smallest absolute Gasteiger partial charge is 0.294 e. The van der Waals surface area contributed by atoms with E-state index < -0.39 is 31.1 Å². The summed E-state index contributed by atoms with van der Waals surface area (Å²) in [5.74, 6) is -0.549. The van der Waals surface area contributed by atoms with Crippen molar-refractivity contribution in [3.63, 3.8) is 0 Å². The molecule has 58 heavy (non-hydrogen) atoms. The molecule has 3 heterocycles. The first kappa shape index (κ1) is 42.9. The summed E-state index contributed by atoms with van der Waals surface area (Å²) in [7, 11) is -7.08. The summed E-state index contributed by atoms with van der Waals surface area (Å²) < 4.78 is 71.4. The van der Waals surface area contributed by atoms with E-state index in [9.17, 15) is 40.3 Å². The number of likely N-dealkylation sites (tertiary alicyclic amines) is 1. The normalized spacial score (nSPS) is 20.4. The molecule has 2 aromatic carbocycles. The highest BCUT2D eigenvalue weighted by atomic mass is 32.2. The molecule has 1 aliphatic carbocycles. The fourth-order valence-electron chi connectivity index (χ4n) is 8.54. The van der Waals surface area contributed by atoms with Gasteiger partial charge in [0.2, 0.25) is 23.4 Å². The van der Waals surface area contributed by atoms with Crippen LogP contribution in [0.15, 0.2) is 93.4 Å². The summed E-state index contributed by atoms with van der Waals surface area (Å²) in [5.41, 5.74) is 6.35. The first-order valence-electron chi connectivity index (χ1n) is 19.7. The highest BCUT2D eigenvalue weighted by Crippen LogP contribution is 2.49. The van der Waals surface area contributed by atoms with Crippen LogP contribution in [0.4, 0.5) is 11.4 Å². The molecule has 15 heteroatoms. The molecule has 3 aliphatic heterocycles. The van der Waals surface area contributed by atoms with E-state index in [1.165, 1.54) is 23.1 Å². The van der Waals surface area contributed by atoms with Gasteiger partial charge in [-0.2, -0.15) is 13.0 Å². The number of amides is 3. The first-order valence-corrected chi connectivity index (χ1v) is 22.6. The molecule has 1 fully saturated rings. The second-order valence-electron chi connectivity index (χ2n) is 16.4. The number of carbonyl (C=O) groups excluding carboxylic acids is 3. The van der Waals surface area contributed by atoms with Gasteiger partial charge in [-0.1, -0.05) is 38.5 Å². The van der Waals surface area contributed by atoms with E-state index in [1.807, 2.05) is 39.3 Å². The molecule has 0 aromatic heterocycles. The van der Waals surface area contributed by atoms with Crippen LogP contribution >= 0.6 is 0 Å². The Bertz CT molecular complexity index is 2410. The van der Waals surface area contributed by atoms with Gasteiger partial charge < -0.3 is 14.8 Å². The second-order valence-corrected chi connectivity index (χ2v) is 19.2. The molecule has 6 rings (SSSR count). The maximum absolute atomic E-state index is 12.5. The van der Waals surface area contributed by atoms with E-state index >= 15 is 0 Å². The van der Waals surface area contributed by atoms with Crippen LogP contribution in [0.2, 0.25) is 0 Å². The number of anilines is 1. The molecule has 0 radical (unpaired) electrons. The van der Waals surface area contributed by atoms with Crippen molar-refractivity contribution < 1.29 is 44.9 Å². The lowest BCUT2D eigenvalue weighted by molar-refractivity contribution is -0.401. The van der Waals surface area contributed by atoms with Crippen molar-refractivity contribution in [3.05, 3.63) is 94.7 Å². The lowest BCUT2D eigenvalue weighted by Crippen LogP contribution is -2.37.